The molecule has 0 aromatic carbocycles. The third kappa shape index (κ3) is 2.06. The SMILES string of the molecule is O=Cc1c(Cl)nc(N2CCCC2)nc1Cl. The maximum Gasteiger partial charge on any atom is 0.228 e. The normalized spacial score (nSPS) is 15.7. The molecule has 80 valence electrons. The van der Waals surface area contributed by atoms with Crippen molar-refractivity contribution in [1.29, 1.82) is 0 Å². The van der Waals surface area contributed by atoms with E-state index in [-0.39, 0.29) is 15.9 Å². The lowest BCUT2D eigenvalue weighted by Crippen LogP contribution is -2.20. The second kappa shape index (κ2) is 4.33. The first-order chi connectivity index (χ1) is 7.22. The second-order valence-corrected chi connectivity index (χ2v) is 4.05. The summed E-state index contributed by atoms with van der Waals surface area (Å²) in [6.45, 7) is 1.82. The highest BCUT2D eigenvalue weighted by molar-refractivity contribution is 6.37. The van der Waals surface area contributed by atoms with Crippen LogP contribution in [0.15, 0.2) is 0 Å². The molecule has 2 heterocycles. The number of carbonyl (C=O) groups excluding carboxylic acids is 1. The minimum absolute atomic E-state index is 0.118. The molecule has 0 radical (unpaired) electrons. The van der Waals surface area contributed by atoms with E-state index in [2.05, 4.69) is 9.97 Å². The van der Waals surface area contributed by atoms with E-state index in [0.717, 1.165) is 25.9 Å². The number of aromatic nitrogens is 2. The monoisotopic (exact) mass is 245 g/mol. The third-order valence-electron chi connectivity index (χ3n) is 2.35. The molecule has 0 amide bonds. The van der Waals surface area contributed by atoms with Crippen LogP contribution in [-0.4, -0.2) is 29.3 Å². The van der Waals surface area contributed by atoms with Crippen LogP contribution in [0.3, 0.4) is 0 Å². The lowest BCUT2D eigenvalue weighted by molar-refractivity contribution is 0.112. The van der Waals surface area contributed by atoms with Crippen molar-refractivity contribution in [3.8, 4) is 0 Å². The van der Waals surface area contributed by atoms with Gasteiger partial charge in [0.05, 0.1) is 5.56 Å². The summed E-state index contributed by atoms with van der Waals surface area (Å²) in [5, 5.41) is 0.235. The van der Waals surface area contributed by atoms with Crippen molar-refractivity contribution in [2.24, 2.45) is 0 Å². The quantitative estimate of drug-likeness (QED) is 0.592. The molecule has 0 aliphatic carbocycles. The van der Waals surface area contributed by atoms with Gasteiger partial charge >= 0.3 is 0 Å². The highest BCUT2D eigenvalue weighted by Crippen LogP contribution is 2.24. The Morgan fingerprint density at radius 1 is 1.13 bits per heavy atom. The number of hydrogen-bond acceptors (Lipinski definition) is 4. The van der Waals surface area contributed by atoms with Crippen molar-refractivity contribution in [2.45, 2.75) is 12.8 Å². The maximum absolute atomic E-state index is 10.6. The molecule has 1 aromatic heterocycles. The molecule has 1 aromatic rings. The van der Waals surface area contributed by atoms with Gasteiger partial charge in [0.2, 0.25) is 5.95 Å². The largest absolute Gasteiger partial charge is 0.341 e. The second-order valence-electron chi connectivity index (χ2n) is 3.33. The van der Waals surface area contributed by atoms with E-state index in [0.29, 0.717) is 12.2 Å². The molecular formula is C9H9Cl2N3O. The molecule has 1 aliphatic rings. The average Bonchev–Trinajstić information content (AvgIpc) is 2.69. The number of halogens is 2. The van der Waals surface area contributed by atoms with Gasteiger partial charge in [0.25, 0.3) is 0 Å². The van der Waals surface area contributed by atoms with Crippen molar-refractivity contribution < 1.29 is 4.79 Å². The molecule has 15 heavy (non-hydrogen) atoms. The topological polar surface area (TPSA) is 46.1 Å². The van der Waals surface area contributed by atoms with Gasteiger partial charge in [0.15, 0.2) is 6.29 Å². The Labute approximate surface area is 97.2 Å². The average molecular weight is 246 g/mol. The van der Waals surface area contributed by atoms with Gasteiger partial charge in [0, 0.05) is 13.1 Å². The minimum Gasteiger partial charge on any atom is -0.341 e. The van der Waals surface area contributed by atoms with Crippen LogP contribution >= 0.6 is 23.2 Å². The highest BCUT2D eigenvalue weighted by Gasteiger charge is 2.18. The lowest BCUT2D eigenvalue weighted by atomic mass is 10.4. The fourth-order valence-corrected chi connectivity index (χ4v) is 2.03. The zero-order valence-electron chi connectivity index (χ0n) is 7.91. The fourth-order valence-electron chi connectivity index (χ4n) is 1.56. The standard InChI is InChI=1S/C9H9Cl2N3O/c10-7-6(5-15)8(11)13-9(12-7)14-3-1-2-4-14/h5H,1-4H2. The van der Waals surface area contributed by atoms with Crippen LogP contribution in [0.2, 0.25) is 10.3 Å². The molecule has 1 saturated heterocycles. The van der Waals surface area contributed by atoms with E-state index in [1.807, 2.05) is 4.90 Å². The number of aldehydes is 1. The van der Waals surface area contributed by atoms with Crippen molar-refractivity contribution in [2.75, 3.05) is 18.0 Å². The van der Waals surface area contributed by atoms with E-state index in [4.69, 9.17) is 23.2 Å². The summed E-state index contributed by atoms with van der Waals surface area (Å²) < 4.78 is 0. The number of carbonyl (C=O) groups is 1. The van der Waals surface area contributed by atoms with Crippen LogP contribution in [-0.2, 0) is 0 Å². The molecule has 0 N–H and O–H groups in total. The molecule has 2 rings (SSSR count). The van der Waals surface area contributed by atoms with Crippen molar-refractivity contribution in [3.05, 3.63) is 15.9 Å². The Hall–Kier alpha value is -0.870. The lowest BCUT2D eigenvalue weighted by Gasteiger charge is -2.15. The molecule has 0 spiro atoms. The van der Waals surface area contributed by atoms with E-state index < -0.39 is 0 Å². The zero-order chi connectivity index (χ0) is 10.8. The van der Waals surface area contributed by atoms with Gasteiger partial charge in [-0.05, 0) is 12.8 Å². The fraction of sp³-hybridized carbons (Fsp3) is 0.444. The summed E-state index contributed by atoms with van der Waals surface area (Å²) in [7, 11) is 0. The summed E-state index contributed by atoms with van der Waals surface area (Å²) in [5.41, 5.74) is 0.154. The summed E-state index contributed by atoms with van der Waals surface area (Å²) in [6, 6.07) is 0. The summed E-state index contributed by atoms with van der Waals surface area (Å²) in [6.07, 6.45) is 2.81. The number of rotatable bonds is 2. The maximum atomic E-state index is 10.6. The molecule has 6 heteroatoms. The summed E-state index contributed by atoms with van der Waals surface area (Å²) in [4.78, 5) is 20.7. The predicted octanol–water partition coefficient (Wildman–Crippen LogP) is 2.20. The van der Waals surface area contributed by atoms with Gasteiger partial charge in [-0.1, -0.05) is 23.2 Å². The van der Waals surface area contributed by atoms with Gasteiger partial charge in [-0.3, -0.25) is 4.79 Å². The van der Waals surface area contributed by atoms with Crippen molar-refractivity contribution in [1.82, 2.24) is 9.97 Å². The number of hydrogen-bond donors (Lipinski definition) is 0. The molecule has 0 bridgehead atoms. The molecular weight excluding hydrogens is 237 g/mol. The first-order valence-corrected chi connectivity index (χ1v) is 5.41. The van der Waals surface area contributed by atoms with Gasteiger partial charge in [-0.2, -0.15) is 0 Å². The van der Waals surface area contributed by atoms with Crippen LogP contribution in [0, 0.1) is 0 Å². The molecule has 4 nitrogen and oxygen atoms in total. The zero-order valence-corrected chi connectivity index (χ0v) is 9.42. The van der Waals surface area contributed by atoms with E-state index in [1.165, 1.54) is 0 Å². The first kappa shape index (κ1) is 10.6. The molecule has 1 fully saturated rings. The molecule has 0 saturated carbocycles. The van der Waals surface area contributed by atoms with Crippen LogP contribution in [0.5, 0.6) is 0 Å². The van der Waals surface area contributed by atoms with E-state index in [1.54, 1.807) is 0 Å². The van der Waals surface area contributed by atoms with Gasteiger partial charge in [-0.25, -0.2) is 9.97 Å². The van der Waals surface area contributed by atoms with E-state index >= 15 is 0 Å². The Bertz CT molecular complexity index is 368. The van der Waals surface area contributed by atoms with Crippen LogP contribution in [0.25, 0.3) is 0 Å². The molecule has 0 atom stereocenters. The van der Waals surface area contributed by atoms with Crippen LogP contribution in [0.4, 0.5) is 5.95 Å². The molecule has 0 unspecified atom stereocenters. The van der Waals surface area contributed by atoms with Crippen molar-refractivity contribution in [3.63, 3.8) is 0 Å². The highest BCUT2D eigenvalue weighted by atomic mass is 35.5. The Kier molecular flexibility index (Phi) is 3.07. The third-order valence-corrected chi connectivity index (χ3v) is 2.92. The van der Waals surface area contributed by atoms with E-state index in [9.17, 15) is 4.79 Å². The Morgan fingerprint density at radius 2 is 1.67 bits per heavy atom. The number of anilines is 1. The summed E-state index contributed by atoms with van der Waals surface area (Å²) >= 11 is 11.6. The Balaban J connectivity index is 2.37. The van der Waals surface area contributed by atoms with Crippen molar-refractivity contribution >= 4 is 35.4 Å². The van der Waals surface area contributed by atoms with Crippen LogP contribution in [0.1, 0.15) is 23.2 Å². The first-order valence-electron chi connectivity index (χ1n) is 4.65. The Morgan fingerprint density at radius 3 is 2.13 bits per heavy atom. The predicted molar refractivity (Wildman–Crippen MR) is 58.9 cm³/mol. The van der Waals surface area contributed by atoms with Gasteiger partial charge in [0.1, 0.15) is 10.3 Å². The number of nitrogens with zero attached hydrogens (tertiary/aromatic N) is 3. The summed E-state index contributed by atoms with van der Waals surface area (Å²) in [5.74, 6) is 0.508. The minimum atomic E-state index is 0.118. The van der Waals surface area contributed by atoms with Crippen LogP contribution < -0.4 is 4.90 Å². The van der Waals surface area contributed by atoms with Gasteiger partial charge < -0.3 is 4.90 Å². The van der Waals surface area contributed by atoms with Gasteiger partial charge in [-0.15, -0.1) is 0 Å². The smallest absolute Gasteiger partial charge is 0.228 e. The molecule has 1 aliphatic heterocycles.